The Morgan fingerprint density at radius 1 is 1.31 bits per heavy atom. The molecule has 0 aliphatic carbocycles. The molecule has 2 N–H and O–H groups in total. The van der Waals surface area contributed by atoms with E-state index in [4.69, 9.17) is 18.6 Å². The summed E-state index contributed by atoms with van der Waals surface area (Å²) in [6, 6.07) is 5.29. The van der Waals surface area contributed by atoms with Gasteiger partial charge in [-0.2, -0.15) is 0 Å². The number of fused-ring (bicyclic) bond motifs is 1. The molecule has 0 bridgehead atoms. The van der Waals surface area contributed by atoms with Crippen molar-refractivity contribution in [2.75, 3.05) is 25.1 Å². The standard InChI is InChI=1S/C17H20N4O5/c1-2-18-17(22)26-13-9-25-14-11(8-24-15(13)14)21-16-19-6-5-10(20-16)12-4-3-7-23-12/h3-7,11,13-15H,2,8-9H2,1H3,(H,18,22)(H,19,20,21)/t11-,13+,14+,15+/m0/s1. The zero-order valence-corrected chi connectivity index (χ0v) is 14.3. The summed E-state index contributed by atoms with van der Waals surface area (Å²) in [7, 11) is 0. The van der Waals surface area contributed by atoms with Crippen LogP contribution in [0.15, 0.2) is 35.1 Å². The van der Waals surface area contributed by atoms with E-state index in [1.165, 1.54) is 0 Å². The number of nitrogens with one attached hydrogen (secondary N) is 2. The Hall–Kier alpha value is -2.65. The van der Waals surface area contributed by atoms with Gasteiger partial charge in [-0.15, -0.1) is 0 Å². The minimum absolute atomic E-state index is 0.130. The van der Waals surface area contributed by atoms with E-state index in [0.29, 0.717) is 37.2 Å². The van der Waals surface area contributed by atoms with Crippen LogP contribution in [0.2, 0.25) is 0 Å². The molecule has 0 unspecified atom stereocenters. The van der Waals surface area contributed by atoms with Crippen molar-refractivity contribution in [3.8, 4) is 11.5 Å². The van der Waals surface area contributed by atoms with Crippen LogP contribution in [0.4, 0.5) is 10.7 Å². The Bertz CT molecular complexity index is 753. The Morgan fingerprint density at radius 3 is 3.00 bits per heavy atom. The van der Waals surface area contributed by atoms with Crippen LogP contribution in [-0.2, 0) is 14.2 Å². The summed E-state index contributed by atoms with van der Waals surface area (Å²) in [5.74, 6) is 1.13. The fourth-order valence-electron chi connectivity index (χ4n) is 3.17. The van der Waals surface area contributed by atoms with Gasteiger partial charge in [0.2, 0.25) is 5.95 Å². The molecule has 9 heteroatoms. The second-order valence-corrected chi connectivity index (χ2v) is 6.06. The summed E-state index contributed by atoms with van der Waals surface area (Å²) >= 11 is 0. The van der Waals surface area contributed by atoms with Crippen LogP contribution >= 0.6 is 0 Å². The lowest BCUT2D eigenvalue weighted by molar-refractivity contribution is 0.00462. The second-order valence-electron chi connectivity index (χ2n) is 6.06. The van der Waals surface area contributed by atoms with Crippen molar-refractivity contribution < 1.29 is 23.4 Å². The normalized spacial score (nSPS) is 27.1. The molecule has 2 saturated heterocycles. The molecule has 0 aromatic carbocycles. The third-order valence-electron chi connectivity index (χ3n) is 4.33. The van der Waals surface area contributed by atoms with Gasteiger partial charge in [-0.3, -0.25) is 0 Å². The van der Waals surface area contributed by atoms with Gasteiger partial charge in [-0.1, -0.05) is 0 Å². The predicted molar refractivity (Wildman–Crippen MR) is 90.6 cm³/mol. The molecule has 138 valence electrons. The first-order valence-corrected chi connectivity index (χ1v) is 8.55. The molecule has 4 heterocycles. The zero-order chi connectivity index (χ0) is 17.9. The third-order valence-corrected chi connectivity index (χ3v) is 4.33. The highest BCUT2D eigenvalue weighted by Gasteiger charge is 2.49. The predicted octanol–water partition coefficient (Wildman–Crippen LogP) is 1.43. The Labute approximate surface area is 150 Å². The molecule has 2 aromatic rings. The lowest BCUT2D eigenvalue weighted by Crippen LogP contribution is -2.39. The van der Waals surface area contributed by atoms with Crippen molar-refractivity contribution in [2.24, 2.45) is 0 Å². The molecule has 26 heavy (non-hydrogen) atoms. The summed E-state index contributed by atoms with van der Waals surface area (Å²) in [6.45, 7) is 3.06. The Balaban J connectivity index is 1.40. The van der Waals surface area contributed by atoms with Gasteiger partial charge >= 0.3 is 6.09 Å². The molecule has 9 nitrogen and oxygen atoms in total. The van der Waals surface area contributed by atoms with E-state index >= 15 is 0 Å². The fourth-order valence-corrected chi connectivity index (χ4v) is 3.17. The minimum Gasteiger partial charge on any atom is -0.463 e. The number of furan rings is 1. The molecular weight excluding hydrogens is 340 g/mol. The summed E-state index contributed by atoms with van der Waals surface area (Å²) in [6.07, 6.45) is 1.84. The lowest BCUT2D eigenvalue weighted by Gasteiger charge is -2.18. The highest BCUT2D eigenvalue weighted by atomic mass is 16.6. The molecule has 0 saturated carbocycles. The SMILES string of the molecule is CCNC(=O)O[C@@H]1CO[C@H]2[C@@H]1OC[C@@H]2Nc1nccc(-c2ccco2)n1. The van der Waals surface area contributed by atoms with Crippen LogP contribution < -0.4 is 10.6 Å². The van der Waals surface area contributed by atoms with Crippen molar-refractivity contribution in [3.63, 3.8) is 0 Å². The molecule has 0 radical (unpaired) electrons. The molecule has 0 spiro atoms. The maximum Gasteiger partial charge on any atom is 0.407 e. The summed E-state index contributed by atoms with van der Waals surface area (Å²) in [5.41, 5.74) is 0.688. The van der Waals surface area contributed by atoms with Crippen LogP contribution in [0, 0.1) is 0 Å². The lowest BCUT2D eigenvalue weighted by atomic mass is 10.1. The molecule has 1 amide bonds. The number of nitrogens with zero attached hydrogens (tertiary/aromatic N) is 2. The van der Waals surface area contributed by atoms with Gasteiger partial charge in [0.15, 0.2) is 11.9 Å². The number of amides is 1. The van der Waals surface area contributed by atoms with Gasteiger partial charge in [0.25, 0.3) is 0 Å². The van der Waals surface area contributed by atoms with Gasteiger partial charge in [-0.25, -0.2) is 14.8 Å². The summed E-state index contributed by atoms with van der Waals surface area (Å²) in [5, 5.41) is 5.85. The van der Waals surface area contributed by atoms with Crippen LogP contribution in [0.25, 0.3) is 11.5 Å². The second kappa shape index (κ2) is 7.30. The van der Waals surface area contributed by atoms with E-state index in [9.17, 15) is 4.79 Å². The van der Waals surface area contributed by atoms with Gasteiger partial charge in [-0.05, 0) is 25.1 Å². The monoisotopic (exact) mass is 360 g/mol. The van der Waals surface area contributed by atoms with Crippen molar-refractivity contribution >= 4 is 12.0 Å². The van der Waals surface area contributed by atoms with Crippen molar-refractivity contribution in [2.45, 2.75) is 31.3 Å². The van der Waals surface area contributed by atoms with E-state index in [2.05, 4.69) is 20.6 Å². The number of aromatic nitrogens is 2. The van der Waals surface area contributed by atoms with E-state index < -0.39 is 12.2 Å². The Kier molecular flexibility index (Phi) is 4.72. The fraction of sp³-hybridized carbons (Fsp3) is 0.471. The number of hydrogen-bond acceptors (Lipinski definition) is 8. The van der Waals surface area contributed by atoms with E-state index in [0.717, 1.165) is 0 Å². The number of anilines is 1. The maximum atomic E-state index is 11.6. The number of hydrogen-bond donors (Lipinski definition) is 2. The van der Waals surface area contributed by atoms with E-state index in [1.54, 1.807) is 24.6 Å². The van der Waals surface area contributed by atoms with E-state index in [-0.39, 0.29) is 18.2 Å². The van der Waals surface area contributed by atoms with Gasteiger partial charge < -0.3 is 29.3 Å². The molecular formula is C17H20N4O5. The topological polar surface area (TPSA) is 108 Å². The number of alkyl carbamates (subject to hydrolysis) is 1. The Morgan fingerprint density at radius 2 is 2.19 bits per heavy atom. The number of ether oxygens (including phenoxy) is 3. The first-order chi connectivity index (χ1) is 12.7. The molecule has 4 atom stereocenters. The molecule has 2 fully saturated rings. The highest BCUT2D eigenvalue weighted by molar-refractivity contribution is 5.67. The average Bonchev–Trinajstić information content (AvgIpc) is 3.36. The largest absolute Gasteiger partial charge is 0.463 e. The van der Waals surface area contributed by atoms with Crippen molar-refractivity contribution in [1.82, 2.24) is 15.3 Å². The average molecular weight is 360 g/mol. The van der Waals surface area contributed by atoms with Crippen LogP contribution in [0.3, 0.4) is 0 Å². The van der Waals surface area contributed by atoms with Crippen molar-refractivity contribution in [1.29, 1.82) is 0 Å². The number of rotatable bonds is 5. The summed E-state index contributed by atoms with van der Waals surface area (Å²) < 4.78 is 22.3. The number of carbonyl (C=O) groups excluding carboxylic acids is 1. The molecule has 4 rings (SSSR count). The maximum absolute atomic E-state index is 11.6. The van der Waals surface area contributed by atoms with Crippen LogP contribution in [-0.4, -0.2) is 60.2 Å². The molecule has 2 aromatic heterocycles. The third kappa shape index (κ3) is 3.35. The first-order valence-electron chi connectivity index (χ1n) is 8.55. The summed E-state index contributed by atoms with van der Waals surface area (Å²) in [4.78, 5) is 20.3. The van der Waals surface area contributed by atoms with Gasteiger partial charge in [0.1, 0.15) is 17.9 Å². The molecule has 2 aliphatic heterocycles. The zero-order valence-electron chi connectivity index (χ0n) is 14.3. The van der Waals surface area contributed by atoms with Crippen LogP contribution in [0.1, 0.15) is 6.92 Å². The minimum atomic E-state index is -0.462. The van der Waals surface area contributed by atoms with Crippen LogP contribution in [0.5, 0.6) is 0 Å². The quantitative estimate of drug-likeness (QED) is 0.824. The van der Waals surface area contributed by atoms with Gasteiger partial charge in [0.05, 0.1) is 25.5 Å². The first kappa shape index (κ1) is 16.8. The van der Waals surface area contributed by atoms with E-state index in [1.807, 2.05) is 13.0 Å². The van der Waals surface area contributed by atoms with Gasteiger partial charge in [0, 0.05) is 12.7 Å². The highest BCUT2D eigenvalue weighted by Crippen LogP contribution is 2.30. The van der Waals surface area contributed by atoms with Crippen molar-refractivity contribution in [3.05, 3.63) is 30.7 Å². The number of carbonyl (C=O) groups is 1. The molecule has 2 aliphatic rings. The smallest absolute Gasteiger partial charge is 0.407 e.